The van der Waals surface area contributed by atoms with E-state index >= 15 is 0 Å². The molecule has 1 atom stereocenters. The van der Waals surface area contributed by atoms with E-state index in [1.807, 2.05) is 0 Å². The van der Waals surface area contributed by atoms with E-state index < -0.39 is 12.9 Å². The molecule has 0 saturated heterocycles. The van der Waals surface area contributed by atoms with Gasteiger partial charge in [0, 0.05) is 0 Å². The van der Waals surface area contributed by atoms with Gasteiger partial charge in [0.2, 0.25) is 11.6 Å². The van der Waals surface area contributed by atoms with Gasteiger partial charge in [0.15, 0.2) is 0 Å². The zero-order valence-corrected chi connectivity index (χ0v) is 8.49. The van der Waals surface area contributed by atoms with E-state index in [0.717, 1.165) is 0 Å². The average molecular weight is 243 g/mol. The van der Waals surface area contributed by atoms with Crippen LogP contribution < -0.4 is 5.73 Å². The Morgan fingerprint density at radius 1 is 1.67 bits per heavy atom. The molecule has 0 aliphatic carbocycles. The molecule has 15 heavy (non-hydrogen) atoms. The maximum Gasteiger partial charge on any atom is 0.365 e. The molecule has 1 aliphatic rings. The van der Waals surface area contributed by atoms with Crippen molar-refractivity contribution in [2.75, 3.05) is 6.61 Å². The summed E-state index contributed by atoms with van der Waals surface area (Å²) in [6.07, 6.45) is -1.20. The number of ether oxygens (including phenoxy) is 1. The van der Waals surface area contributed by atoms with Gasteiger partial charge in [-0.05, 0) is 18.5 Å². The number of rotatable bonds is 3. The second-order valence-electron chi connectivity index (χ2n) is 2.33. The number of nitrogens with zero attached hydrogens (tertiary/aromatic N) is 3. The number of hydrogen-bond acceptors (Lipinski definition) is 6. The van der Waals surface area contributed by atoms with Crippen molar-refractivity contribution in [1.29, 1.82) is 0 Å². The van der Waals surface area contributed by atoms with Crippen molar-refractivity contribution in [1.82, 2.24) is 5.06 Å². The Morgan fingerprint density at radius 2 is 2.33 bits per heavy atom. The molecule has 0 radical (unpaired) electrons. The van der Waals surface area contributed by atoms with E-state index in [9.17, 15) is 8.78 Å². The predicted octanol–water partition coefficient (Wildman–Crippen LogP) is 0.686. The van der Waals surface area contributed by atoms with Gasteiger partial charge in [0.1, 0.15) is 0 Å². The van der Waals surface area contributed by atoms with Gasteiger partial charge in [-0.1, -0.05) is 0 Å². The molecule has 6 nitrogen and oxygen atoms in total. The highest BCUT2D eigenvalue weighted by Crippen LogP contribution is 2.12. The maximum atomic E-state index is 12.0. The highest BCUT2D eigenvalue weighted by molar-refractivity contribution is 6.65. The van der Waals surface area contributed by atoms with Crippen molar-refractivity contribution in [3.63, 3.8) is 0 Å². The van der Waals surface area contributed by atoms with Crippen molar-refractivity contribution in [3.8, 4) is 0 Å². The topological polar surface area (TPSA) is 72.4 Å². The SMILES string of the molecule is CCOC1=NC(Cl)=NC(N)N1OC(F)F. The fraction of sp³-hybridized carbons (Fsp3) is 0.667. The smallest absolute Gasteiger partial charge is 0.365 e. The molecular formula is C6H9ClF2N4O2. The molecule has 9 heteroatoms. The van der Waals surface area contributed by atoms with E-state index in [-0.39, 0.29) is 17.9 Å². The lowest BCUT2D eigenvalue weighted by molar-refractivity contribution is -0.269. The molecule has 0 aromatic rings. The molecule has 1 unspecified atom stereocenters. The standard InChI is InChI=1S/C6H9ClF2N4O2/c1-2-14-6-12-3(7)11-5(10)13(6)15-4(8)9/h4-5H,2,10H2,1H3. The first-order valence-electron chi connectivity index (χ1n) is 3.99. The van der Waals surface area contributed by atoms with Gasteiger partial charge in [0.05, 0.1) is 6.61 Å². The van der Waals surface area contributed by atoms with Gasteiger partial charge in [-0.25, -0.2) is 4.99 Å². The molecule has 0 aromatic carbocycles. The summed E-state index contributed by atoms with van der Waals surface area (Å²) in [5.74, 6) is 0. The Bertz CT molecular complexity index is 286. The third-order valence-corrected chi connectivity index (χ3v) is 1.50. The fourth-order valence-corrected chi connectivity index (χ4v) is 1.02. The molecule has 1 rings (SSSR count). The number of aliphatic imine (C=N–C) groups is 2. The van der Waals surface area contributed by atoms with Gasteiger partial charge < -0.3 is 4.74 Å². The highest BCUT2D eigenvalue weighted by Gasteiger charge is 2.28. The molecule has 1 aliphatic heterocycles. The van der Waals surface area contributed by atoms with Crippen molar-refractivity contribution >= 4 is 22.9 Å². The van der Waals surface area contributed by atoms with Crippen LogP contribution in [0, 0.1) is 0 Å². The van der Waals surface area contributed by atoms with Gasteiger partial charge in [-0.15, -0.1) is 0 Å². The van der Waals surface area contributed by atoms with Crippen LogP contribution in [-0.2, 0) is 9.57 Å². The summed E-state index contributed by atoms with van der Waals surface area (Å²) in [6, 6.07) is -0.245. The van der Waals surface area contributed by atoms with E-state index in [0.29, 0.717) is 5.06 Å². The number of alkyl halides is 2. The zero-order chi connectivity index (χ0) is 11.4. The van der Waals surface area contributed by atoms with E-state index in [4.69, 9.17) is 22.1 Å². The molecule has 1 heterocycles. The molecule has 2 N–H and O–H groups in total. The minimum absolute atomic E-state index is 0.180. The Kier molecular flexibility index (Phi) is 4.18. The predicted molar refractivity (Wildman–Crippen MR) is 49.3 cm³/mol. The lowest BCUT2D eigenvalue weighted by Crippen LogP contribution is -2.49. The minimum Gasteiger partial charge on any atom is -0.464 e. The van der Waals surface area contributed by atoms with Crippen LogP contribution >= 0.6 is 11.6 Å². The second-order valence-corrected chi connectivity index (χ2v) is 2.67. The monoisotopic (exact) mass is 242 g/mol. The lowest BCUT2D eigenvalue weighted by Gasteiger charge is -2.28. The van der Waals surface area contributed by atoms with Crippen LogP contribution in [0.3, 0.4) is 0 Å². The lowest BCUT2D eigenvalue weighted by atomic mass is 10.7. The molecule has 0 amide bonds. The quantitative estimate of drug-likeness (QED) is 0.739. The number of amidine groups is 2. The van der Waals surface area contributed by atoms with E-state index in [1.165, 1.54) is 0 Å². The molecule has 86 valence electrons. The van der Waals surface area contributed by atoms with Gasteiger partial charge >= 0.3 is 12.6 Å². The summed E-state index contributed by atoms with van der Waals surface area (Å²) in [6.45, 7) is -1.19. The van der Waals surface area contributed by atoms with Crippen LogP contribution in [-0.4, -0.2) is 35.9 Å². The largest absolute Gasteiger partial charge is 0.464 e. The molecule has 0 saturated carbocycles. The number of hydroxylamine groups is 2. The molecule has 0 aromatic heterocycles. The summed E-state index contributed by atoms with van der Waals surface area (Å²) in [7, 11) is 0. The van der Waals surface area contributed by atoms with Crippen LogP contribution in [0.15, 0.2) is 9.98 Å². The van der Waals surface area contributed by atoms with Crippen molar-refractivity contribution in [3.05, 3.63) is 0 Å². The molecule has 0 bridgehead atoms. The number of nitrogens with two attached hydrogens (primary N) is 1. The first-order chi connectivity index (χ1) is 7.04. The molecular weight excluding hydrogens is 234 g/mol. The van der Waals surface area contributed by atoms with E-state index in [1.54, 1.807) is 6.92 Å². The average Bonchev–Trinajstić information content (AvgIpc) is 2.11. The van der Waals surface area contributed by atoms with Crippen LogP contribution in [0.2, 0.25) is 0 Å². The Balaban J connectivity index is 2.79. The van der Waals surface area contributed by atoms with Gasteiger partial charge in [-0.3, -0.25) is 5.73 Å². The Hall–Kier alpha value is -0.990. The first kappa shape index (κ1) is 12.1. The van der Waals surface area contributed by atoms with Gasteiger partial charge in [0.25, 0.3) is 0 Å². The Labute approximate surface area is 89.3 Å². The minimum atomic E-state index is -3.05. The Morgan fingerprint density at radius 3 is 2.87 bits per heavy atom. The zero-order valence-electron chi connectivity index (χ0n) is 7.73. The third-order valence-electron chi connectivity index (χ3n) is 1.32. The van der Waals surface area contributed by atoms with Crippen LogP contribution in [0.25, 0.3) is 0 Å². The summed E-state index contributed by atoms with van der Waals surface area (Å²) < 4.78 is 28.9. The highest BCUT2D eigenvalue weighted by atomic mass is 35.5. The van der Waals surface area contributed by atoms with Crippen molar-refractivity contribution < 1.29 is 18.4 Å². The van der Waals surface area contributed by atoms with Crippen molar-refractivity contribution in [2.45, 2.75) is 19.8 Å². The van der Waals surface area contributed by atoms with Crippen LogP contribution in [0.4, 0.5) is 8.78 Å². The fourth-order valence-electron chi connectivity index (χ4n) is 0.850. The molecule has 0 fully saturated rings. The number of halogens is 3. The van der Waals surface area contributed by atoms with Gasteiger partial charge in [-0.2, -0.15) is 23.7 Å². The van der Waals surface area contributed by atoms with Crippen molar-refractivity contribution in [2.24, 2.45) is 15.7 Å². The summed E-state index contributed by atoms with van der Waals surface area (Å²) in [5.41, 5.74) is 5.37. The van der Waals surface area contributed by atoms with E-state index in [2.05, 4.69) is 14.8 Å². The summed E-state index contributed by atoms with van der Waals surface area (Å²) >= 11 is 5.48. The first-order valence-corrected chi connectivity index (χ1v) is 4.37. The molecule has 0 spiro atoms. The second kappa shape index (κ2) is 5.19. The van der Waals surface area contributed by atoms with Crippen LogP contribution in [0.5, 0.6) is 0 Å². The normalized spacial score (nSPS) is 21.5. The number of hydrogen-bond donors (Lipinski definition) is 1. The third kappa shape index (κ3) is 3.26. The maximum absolute atomic E-state index is 12.0. The summed E-state index contributed by atoms with van der Waals surface area (Å²) in [4.78, 5) is 11.1. The summed E-state index contributed by atoms with van der Waals surface area (Å²) in [5, 5.41) is 0.375. The van der Waals surface area contributed by atoms with Crippen LogP contribution in [0.1, 0.15) is 6.92 Å².